The van der Waals surface area contributed by atoms with Gasteiger partial charge in [0.2, 0.25) is 0 Å². The molecule has 0 aliphatic carbocycles. The zero-order chi connectivity index (χ0) is 28.7. The summed E-state index contributed by atoms with van der Waals surface area (Å²) in [6.07, 6.45) is 1.70. The molecule has 8 nitrogen and oxygen atoms in total. The Balaban J connectivity index is -0.000000495. The van der Waals surface area contributed by atoms with Crippen molar-refractivity contribution in [2.45, 2.75) is 66.4 Å². The van der Waals surface area contributed by atoms with E-state index in [1.807, 2.05) is 32.0 Å². The molecule has 0 aromatic heterocycles. The molecule has 0 atom stereocenters. The minimum atomic E-state index is -0.750. The number of carbonyl (C=O) groups excluding carboxylic acids is 2. The van der Waals surface area contributed by atoms with E-state index in [0.29, 0.717) is 35.8 Å². The van der Waals surface area contributed by atoms with E-state index in [2.05, 4.69) is 4.74 Å². The Morgan fingerprint density at radius 1 is 0.868 bits per heavy atom. The fraction of sp³-hybridized carbons (Fsp3) is 0.448. The molecule has 2 aromatic rings. The number of methoxy groups -OCH3 is 1. The molecule has 202 valence electrons. The Morgan fingerprint density at radius 3 is 1.61 bits per heavy atom. The van der Waals surface area contributed by atoms with Crippen molar-refractivity contribution >= 4 is 11.8 Å². The fourth-order valence-electron chi connectivity index (χ4n) is 2.29. The topological polar surface area (TPSA) is 132 Å². The summed E-state index contributed by atoms with van der Waals surface area (Å²) in [5, 5.41) is 25.9. The van der Waals surface area contributed by atoms with Gasteiger partial charge in [0, 0.05) is 6.92 Å². The summed E-state index contributed by atoms with van der Waals surface area (Å²) < 4.78 is 15.5. The number of rotatable bonds is 9. The summed E-state index contributed by atoms with van der Waals surface area (Å²) in [5.41, 5.74) is 0.218. The summed E-state index contributed by atoms with van der Waals surface area (Å²) in [4.78, 5) is 22.8. The van der Waals surface area contributed by atoms with Crippen molar-refractivity contribution in [1.82, 2.24) is 0 Å². The van der Waals surface area contributed by atoms with Crippen LogP contribution in [0.5, 0.6) is 11.5 Å². The molecule has 2 aromatic carbocycles. The average molecular weight is 551 g/mol. The number of benzene rings is 2. The quantitative estimate of drug-likeness (QED) is 0.264. The standard InChI is InChI=1S/C12H13NO2.C11H14O3.C4H9O.C2H3N.K/c1-2-9-15-12-6-4-3-5-10(12)11(14)7-8-13;1-3-8-14-10-7-5-4-6-9(10)11(12)13-2;1-4(2,3)5;1-2-3;/h3-6H,2,7,9H2,1H3;4-7H,3,8H2,1-2H3;1-3H3;1H3;/q;;-1;;+1. The van der Waals surface area contributed by atoms with Gasteiger partial charge in [0.05, 0.1) is 44.4 Å². The molecule has 2 rings (SSSR count). The van der Waals surface area contributed by atoms with E-state index in [4.69, 9.17) is 20.0 Å². The third-order valence-electron chi connectivity index (χ3n) is 3.64. The number of Topliss-reactive ketones (excluding diaryl/α,β-unsaturated/α-hetero) is 1. The first-order valence-corrected chi connectivity index (χ1v) is 11.9. The van der Waals surface area contributed by atoms with Crippen molar-refractivity contribution in [2.75, 3.05) is 20.3 Å². The number of carbonyl (C=O) groups is 2. The van der Waals surface area contributed by atoms with Gasteiger partial charge in [-0.05, 0) is 37.1 Å². The Bertz CT molecular complexity index is 1000. The van der Waals surface area contributed by atoms with Gasteiger partial charge in [-0.15, -0.1) is 5.60 Å². The Morgan fingerprint density at radius 2 is 1.24 bits per heavy atom. The van der Waals surface area contributed by atoms with Gasteiger partial charge in [-0.1, -0.05) is 58.9 Å². The minimum absolute atomic E-state index is 0. The van der Waals surface area contributed by atoms with Crippen molar-refractivity contribution in [2.24, 2.45) is 0 Å². The van der Waals surface area contributed by atoms with Crippen molar-refractivity contribution in [3.05, 3.63) is 59.7 Å². The predicted octanol–water partition coefficient (Wildman–Crippen LogP) is 2.51. The van der Waals surface area contributed by atoms with Crippen LogP contribution < -0.4 is 66.0 Å². The molecule has 0 amide bonds. The molecule has 0 spiro atoms. The van der Waals surface area contributed by atoms with E-state index in [1.54, 1.807) is 63.2 Å². The van der Waals surface area contributed by atoms with Crippen LogP contribution in [-0.2, 0) is 4.74 Å². The molecule has 38 heavy (non-hydrogen) atoms. The van der Waals surface area contributed by atoms with E-state index in [9.17, 15) is 14.7 Å². The molecule has 0 N–H and O–H groups in total. The van der Waals surface area contributed by atoms with Gasteiger partial charge in [0.1, 0.15) is 17.1 Å². The van der Waals surface area contributed by atoms with Crippen LogP contribution >= 0.6 is 0 Å². The van der Waals surface area contributed by atoms with Gasteiger partial charge >= 0.3 is 57.4 Å². The van der Waals surface area contributed by atoms with E-state index in [1.165, 1.54) is 14.0 Å². The SMILES string of the molecule is CC#N.CC(C)(C)[O-].CCCOc1ccccc1C(=O)CC#N.CCCOc1ccccc1C(=O)OC.[K+]. The van der Waals surface area contributed by atoms with Gasteiger partial charge in [-0.2, -0.15) is 10.5 Å². The second kappa shape index (κ2) is 25.1. The molecular formula is C29H39KN2O6. The number of nitrogens with zero attached hydrogens (tertiary/aromatic N) is 2. The fourth-order valence-corrected chi connectivity index (χ4v) is 2.29. The first kappa shape index (κ1) is 40.3. The summed E-state index contributed by atoms with van der Waals surface area (Å²) in [7, 11) is 1.36. The summed E-state index contributed by atoms with van der Waals surface area (Å²) in [6, 6.07) is 17.7. The number of ether oxygens (including phenoxy) is 3. The monoisotopic (exact) mass is 550 g/mol. The first-order valence-electron chi connectivity index (χ1n) is 11.9. The Labute approximate surface area is 270 Å². The predicted molar refractivity (Wildman–Crippen MR) is 141 cm³/mol. The number of nitriles is 2. The van der Waals surface area contributed by atoms with Crippen LogP contribution in [-0.4, -0.2) is 37.7 Å². The van der Waals surface area contributed by atoms with Crippen molar-refractivity contribution in [3.63, 3.8) is 0 Å². The molecule has 0 radical (unpaired) electrons. The molecule has 0 fully saturated rings. The number of esters is 1. The van der Waals surface area contributed by atoms with Crippen molar-refractivity contribution in [3.8, 4) is 23.6 Å². The largest absolute Gasteiger partial charge is 1.00 e. The second-order valence-corrected chi connectivity index (χ2v) is 8.27. The normalized spacial score (nSPS) is 9.00. The average Bonchev–Trinajstić information content (AvgIpc) is 2.86. The summed E-state index contributed by atoms with van der Waals surface area (Å²) >= 11 is 0. The number of ketones is 1. The van der Waals surface area contributed by atoms with Crippen LogP contribution in [0, 0.1) is 22.7 Å². The molecular weight excluding hydrogens is 511 g/mol. The van der Waals surface area contributed by atoms with E-state index in [-0.39, 0.29) is 69.6 Å². The van der Waals surface area contributed by atoms with Crippen LogP contribution in [0.25, 0.3) is 0 Å². The van der Waals surface area contributed by atoms with Crippen LogP contribution in [0.4, 0.5) is 0 Å². The molecule has 0 saturated heterocycles. The number of hydrogen-bond acceptors (Lipinski definition) is 8. The van der Waals surface area contributed by atoms with Crippen LogP contribution in [0.1, 0.15) is 81.5 Å². The maximum absolute atomic E-state index is 11.5. The second-order valence-electron chi connectivity index (χ2n) is 8.27. The number of para-hydroxylation sites is 2. The zero-order valence-corrected chi connectivity index (χ0v) is 27.1. The van der Waals surface area contributed by atoms with Crippen LogP contribution in [0.3, 0.4) is 0 Å². The summed E-state index contributed by atoms with van der Waals surface area (Å²) in [6.45, 7) is 11.5. The van der Waals surface area contributed by atoms with Gasteiger partial charge in [0.25, 0.3) is 0 Å². The molecule has 0 unspecified atom stereocenters. The molecule has 0 aliphatic rings. The number of hydrogen-bond donors (Lipinski definition) is 0. The zero-order valence-electron chi connectivity index (χ0n) is 24.0. The summed E-state index contributed by atoms with van der Waals surface area (Å²) in [5.74, 6) is 0.599. The maximum atomic E-state index is 11.5. The van der Waals surface area contributed by atoms with E-state index in [0.717, 1.165) is 12.8 Å². The van der Waals surface area contributed by atoms with Gasteiger partial charge in [-0.3, -0.25) is 4.79 Å². The van der Waals surface area contributed by atoms with Gasteiger partial charge in [-0.25, -0.2) is 4.79 Å². The molecule has 0 heterocycles. The van der Waals surface area contributed by atoms with E-state index >= 15 is 0 Å². The molecule has 9 heteroatoms. The van der Waals surface area contributed by atoms with Crippen LogP contribution in [0.15, 0.2) is 48.5 Å². The van der Waals surface area contributed by atoms with Crippen molar-refractivity contribution in [1.29, 1.82) is 10.5 Å². The van der Waals surface area contributed by atoms with Crippen LogP contribution in [0.2, 0.25) is 0 Å². The third-order valence-corrected chi connectivity index (χ3v) is 3.64. The molecule has 0 saturated carbocycles. The Hall–Kier alpha value is -2.24. The maximum Gasteiger partial charge on any atom is 1.00 e. The Kier molecular flexibility index (Phi) is 26.5. The minimum Gasteiger partial charge on any atom is -0.850 e. The van der Waals surface area contributed by atoms with E-state index < -0.39 is 5.60 Å². The smallest absolute Gasteiger partial charge is 0.850 e. The molecule has 0 bridgehead atoms. The van der Waals surface area contributed by atoms with Gasteiger partial charge in [0.15, 0.2) is 5.78 Å². The third kappa shape index (κ3) is 21.8. The van der Waals surface area contributed by atoms with Crippen molar-refractivity contribution < 1.29 is 80.3 Å². The molecule has 0 aliphatic heterocycles. The van der Waals surface area contributed by atoms with Gasteiger partial charge < -0.3 is 19.3 Å². The first-order chi connectivity index (χ1) is 17.5.